The van der Waals surface area contributed by atoms with Gasteiger partial charge in [-0.3, -0.25) is 24.8 Å². The van der Waals surface area contributed by atoms with Crippen molar-refractivity contribution in [3.8, 4) is 0 Å². The van der Waals surface area contributed by atoms with Crippen LogP contribution in [-0.4, -0.2) is 37.1 Å². The number of carbonyl (C=O) groups excluding carboxylic acids is 2. The second kappa shape index (κ2) is 9.12. The Bertz CT molecular complexity index is 1130. The predicted molar refractivity (Wildman–Crippen MR) is 123 cm³/mol. The minimum atomic E-state index is -0.270. The molecule has 2 N–H and O–H groups in total. The molecule has 166 valence electrons. The van der Waals surface area contributed by atoms with Crippen molar-refractivity contribution < 1.29 is 9.59 Å². The van der Waals surface area contributed by atoms with E-state index in [0.717, 1.165) is 47.4 Å². The quantitative estimate of drug-likeness (QED) is 0.442. The first kappa shape index (κ1) is 22.0. The highest BCUT2D eigenvalue weighted by molar-refractivity contribution is 7.99. The van der Waals surface area contributed by atoms with Crippen LogP contribution in [0.1, 0.15) is 68.1 Å². The lowest BCUT2D eigenvalue weighted by molar-refractivity contribution is -0.131. The van der Waals surface area contributed by atoms with E-state index in [9.17, 15) is 9.59 Å². The van der Waals surface area contributed by atoms with Gasteiger partial charge in [0.2, 0.25) is 11.8 Å². The van der Waals surface area contributed by atoms with Crippen LogP contribution in [0.4, 0.5) is 0 Å². The largest absolute Gasteiger partial charge is 0.273 e. The number of hydrogen-bond donors (Lipinski definition) is 2. The molecule has 8 nitrogen and oxygen atoms in total. The lowest BCUT2D eigenvalue weighted by atomic mass is 9.89. The molecule has 1 saturated carbocycles. The van der Waals surface area contributed by atoms with Crippen LogP contribution in [0.15, 0.2) is 5.16 Å². The average Bonchev–Trinajstić information content (AvgIpc) is 3.30. The van der Waals surface area contributed by atoms with Gasteiger partial charge in [-0.2, -0.15) is 0 Å². The highest BCUT2D eigenvalue weighted by Crippen LogP contribution is 2.34. The molecule has 3 heterocycles. The van der Waals surface area contributed by atoms with Gasteiger partial charge in [-0.15, -0.1) is 21.5 Å². The second-order valence-corrected chi connectivity index (χ2v) is 10.5. The molecule has 1 aliphatic rings. The van der Waals surface area contributed by atoms with Crippen molar-refractivity contribution >= 4 is 50.8 Å². The number of amides is 2. The molecule has 3 aromatic rings. The number of aryl methyl sites for hydroxylation is 2. The number of carbonyl (C=O) groups is 2. The van der Waals surface area contributed by atoms with E-state index in [2.05, 4.69) is 48.7 Å². The zero-order valence-electron chi connectivity index (χ0n) is 18.3. The van der Waals surface area contributed by atoms with Crippen LogP contribution < -0.4 is 10.9 Å². The van der Waals surface area contributed by atoms with Gasteiger partial charge >= 0.3 is 0 Å². The molecular formula is C21H28N6O2S2. The van der Waals surface area contributed by atoms with E-state index >= 15 is 0 Å². The standard InChI is InChI=1S/C21H28N6O2S2/c1-11(2)17-22-20-16(12(3)13(4)31-20)18-24-26-21(27(17)18)30-10-15(28)23-25-19(29)14-8-6-5-7-9-14/h11,14H,5-10H2,1-4H3,(H,23,28)(H,25,29). The molecule has 0 bridgehead atoms. The molecule has 3 aromatic heterocycles. The SMILES string of the molecule is Cc1sc2nc(C(C)C)n3c(SCC(=O)NNC(=O)C4CCCCC4)nnc3c2c1C. The van der Waals surface area contributed by atoms with Crippen LogP contribution in [0.2, 0.25) is 0 Å². The Kier molecular flexibility index (Phi) is 6.47. The van der Waals surface area contributed by atoms with Crippen LogP contribution in [0, 0.1) is 19.8 Å². The van der Waals surface area contributed by atoms with E-state index in [1.807, 2.05) is 4.40 Å². The number of rotatable bonds is 5. The van der Waals surface area contributed by atoms with Crippen LogP contribution in [0.5, 0.6) is 0 Å². The fourth-order valence-electron chi connectivity index (χ4n) is 3.99. The summed E-state index contributed by atoms with van der Waals surface area (Å²) < 4.78 is 1.96. The number of thiophene rings is 1. The second-order valence-electron chi connectivity index (χ2n) is 8.39. The van der Waals surface area contributed by atoms with Gasteiger partial charge in [0.25, 0.3) is 0 Å². The highest BCUT2D eigenvalue weighted by atomic mass is 32.2. The summed E-state index contributed by atoms with van der Waals surface area (Å²) in [6, 6.07) is 0. The van der Waals surface area contributed by atoms with E-state index in [-0.39, 0.29) is 29.4 Å². The summed E-state index contributed by atoms with van der Waals surface area (Å²) in [5.74, 6) is 0.817. The number of nitrogens with one attached hydrogen (secondary N) is 2. The number of fused-ring (bicyclic) bond motifs is 3. The van der Waals surface area contributed by atoms with Crippen molar-refractivity contribution in [3.63, 3.8) is 0 Å². The molecule has 0 aromatic carbocycles. The molecule has 0 unspecified atom stereocenters. The summed E-state index contributed by atoms with van der Waals surface area (Å²) in [4.78, 5) is 31.6. The first-order valence-electron chi connectivity index (χ1n) is 10.7. The first-order chi connectivity index (χ1) is 14.9. The lowest BCUT2D eigenvalue weighted by Crippen LogP contribution is -2.45. The molecule has 2 amide bonds. The summed E-state index contributed by atoms with van der Waals surface area (Å²) >= 11 is 2.96. The van der Waals surface area contributed by atoms with Crippen LogP contribution in [-0.2, 0) is 9.59 Å². The number of hydrogen-bond acceptors (Lipinski definition) is 7. The third kappa shape index (κ3) is 4.41. The van der Waals surface area contributed by atoms with Crippen LogP contribution in [0.3, 0.4) is 0 Å². The van der Waals surface area contributed by atoms with Crippen molar-refractivity contribution in [2.24, 2.45) is 5.92 Å². The van der Waals surface area contributed by atoms with Gasteiger partial charge in [-0.25, -0.2) is 4.98 Å². The number of thioether (sulfide) groups is 1. The predicted octanol–water partition coefficient (Wildman–Crippen LogP) is 3.90. The monoisotopic (exact) mass is 460 g/mol. The Labute approximate surface area is 189 Å². The van der Waals surface area contributed by atoms with E-state index in [1.165, 1.54) is 28.6 Å². The maximum atomic E-state index is 12.3. The maximum absolute atomic E-state index is 12.3. The summed E-state index contributed by atoms with van der Waals surface area (Å²) in [7, 11) is 0. The van der Waals surface area contributed by atoms with Gasteiger partial charge in [0.15, 0.2) is 10.8 Å². The Morgan fingerprint density at radius 3 is 2.61 bits per heavy atom. The maximum Gasteiger partial charge on any atom is 0.248 e. The average molecular weight is 461 g/mol. The fraction of sp³-hybridized carbons (Fsp3) is 0.571. The molecule has 0 aliphatic heterocycles. The van der Waals surface area contributed by atoms with Crippen molar-refractivity contribution in [1.29, 1.82) is 0 Å². The number of aromatic nitrogens is 4. The topological polar surface area (TPSA) is 101 Å². The zero-order valence-corrected chi connectivity index (χ0v) is 20.0. The lowest BCUT2D eigenvalue weighted by Gasteiger charge is -2.20. The summed E-state index contributed by atoms with van der Waals surface area (Å²) in [5, 5.41) is 10.4. The van der Waals surface area contributed by atoms with E-state index in [1.54, 1.807) is 11.3 Å². The Balaban J connectivity index is 1.49. The third-order valence-electron chi connectivity index (χ3n) is 5.82. The third-order valence-corrected chi connectivity index (χ3v) is 7.85. The Morgan fingerprint density at radius 2 is 1.90 bits per heavy atom. The van der Waals surface area contributed by atoms with Crippen molar-refractivity contribution in [2.45, 2.75) is 70.9 Å². The molecule has 31 heavy (non-hydrogen) atoms. The van der Waals surface area contributed by atoms with Crippen LogP contribution >= 0.6 is 23.1 Å². The molecule has 10 heteroatoms. The minimum Gasteiger partial charge on any atom is -0.273 e. The smallest absolute Gasteiger partial charge is 0.248 e. The summed E-state index contributed by atoms with van der Waals surface area (Å²) in [6.45, 7) is 8.34. The number of nitrogens with zero attached hydrogens (tertiary/aromatic N) is 4. The molecule has 0 radical (unpaired) electrons. The Morgan fingerprint density at radius 1 is 1.16 bits per heavy atom. The van der Waals surface area contributed by atoms with Crippen molar-refractivity contribution in [2.75, 3.05) is 5.75 Å². The highest BCUT2D eigenvalue weighted by Gasteiger charge is 2.23. The molecular weight excluding hydrogens is 432 g/mol. The molecule has 0 spiro atoms. The van der Waals surface area contributed by atoms with Gasteiger partial charge in [-0.05, 0) is 32.3 Å². The van der Waals surface area contributed by atoms with E-state index < -0.39 is 0 Å². The van der Waals surface area contributed by atoms with Gasteiger partial charge < -0.3 is 0 Å². The van der Waals surface area contributed by atoms with Gasteiger partial charge in [0.05, 0.1) is 11.1 Å². The molecule has 0 atom stereocenters. The van der Waals surface area contributed by atoms with Gasteiger partial charge in [0.1, 0.15) is 10.7 Å². The van der Waals surface area contributed by atoms with Crippen LogP contribution in [0.25, 0.3) is 15.9 Å². The molecule has 1 aliphatic carbocycles. The molecule has 1 fully saturated rings. The zero-order chi connectivity index (χ0) is 22.1. The number of hydrazine groups is 1. The summed E-state index contributed by atoms with van der Waals surface area (Å²) in [6.07, 6.45) is 5.12. The molecule has 4 rings (SSSR count). The van der Waals surface area contributed by atoms with Crippen molar-refractivity contribution in [3.05, 3.63) is 16.3 Å². The van der Waals surface area contributed by atoms with E-state index in [0.29, 0.717) is 5.16 Å². The van der Waals surface area contributed by atoms with Gasteiger partial charge in [0, 0.05) is 16.7 Å². The minimum absolute atomic E-state index is 0.00142. The first-order valence-corrected chi connectivity index (χ1v) is 12.5. The fourth-order valence-corrected chi connectivity index (χ4v) is 5.76. The summed E-state index contributed by atoms with van der Waals surface area (Å²) in [5.41, 5.74) is 7.06. The Hall–Kier alpha value is -2.20. The molecule has 0 saturated heterocycles. The van der Waals surface area contributed by atoms with E-state index in [4.69, 9.17) is 4.98 Å². The van der Waals surface area contributed by atoms with Crippen molar-refractivity contribution in [1.82, 2.24) is 30.4 Å². The van der Waals surface area contributed by atoms with Gasteiger partial charge in [-0.1, -0.05) is 44.9 Å². The normalized spacial score (nSPS) is 15.1.